The van der Waals surface area contributed by atoms with Gasteiger partial charge in [0.05, 0.1) is 22.8 Å². The molecule has 7 aromatic rings. The Morgan fingerprint density at radius 2 is 0.578 bits per heavy atom. The second-order valence-electron chi connectivity index (χ2n) is 16.1. The Labute approximate surface area is 395 Å². The second kappa shape index (κ2) is 19.2. The molecular weight excluding hydrogens is 857 g/mol. The van der Waals surface area contributed by atoms with Gasteiger partial charge in [-0.05, 0) is 168 Å². The molecule has 9 rings (SSSR count). The predicted molar refractivity (Wildman–Crippen MR) is 285 cm³/mol. The maximum absolute atomic E-state index is 5.65. The van der Waals surface area contributed by atoms with E-state index in [2.05, 4.69) is 184 Å². The van der Waals surface area contributed by atoms with Gasteiger partial charge in [-0.15, -0.1) is 47.0 Å². The van der Waals surface area contributed by atoms with Crippen LogP contribution in [0.4, 0.5) is 0 Å². The second-order valence-corrected chi connectivity index (χ2v) is 19.4. The number of benzene rings is 4. The smallest absolute Gasteiger partial charge is 0.0737 e. The number of hydrogen-bond donors (Lipinski definition) is 2. The molecule has 8 bridgehead atoms. The number of aromatic nitrogens is 4. The quantitative estimate of drug-likeness (QED) is 0.119. The minimum absolute atomic E-state index is 0.926. The van der Waals surface area contributed by atoms with Gasteiger partial charge < -0.3 is 9.97 Å². The lowest BCUT2D eigenvalue weighted by Crippen LogP contribution is -1.93. The first-order chi connectivity index (χ1) is 31.3. The molecule has 0 radical (unpaired) electrons. The molecule has 5 heterocycles. The zero-order valence-electron chi connectivity index (χ0n) is 37.9. The lowest BCUT2D eigenvalue weighted by Gasteiger charge is -2.13. The van der Waals surface area contributed by atoms with Crippen LogP contribution in [-0.2, 0) is 25.7 Å². The van der Waals surface area contributed by atoms with Gasteiger partial charge in [0.2, 0.25) is 0 Å². The average Bonchev–Trinajstić information content (AvgIpc) is 4.20. The molecule has 0 amide bonds. The normalized spacial score (nSPS) is 12.1. The van der Waals surface area contributed by atoms with Gasteiger partial charge >= 0.3 is 0 Å². The molecule has 64 heavy (non-hydrogen) atoms. The van der Waals surface area contributed by atoms with E-state index in [0.717, 1.165) is 115 Å². The first kappa shape index (κ1) is 44.1. The fourth-order valence-electron chi connectivity index (χ4n) is 8.99. The van der Waals surface area contributed by atoms with Crippen molar-refractivity contribution in [2.45, 2.75) is 73.0 Å². The summed E-state index contributed by atoms with van der Waals surface area (Å²) in [6, 6.07) is 36.6. The first-order valence-electron chi connectivity index (χ1n) is 22.2. The zero-order chi connectivity index (χ0) is 44.5. The Bertz CT molecular complexity index is 2760. The number of nitrogens with zero attached hydrogens (tertiary/aromatic N) is 2. The van der Waals surface area contributed by atoms with Crippen molar-refractivity contribution in [2.24, 2.45) is 0 Å². The van der Waals surface area contributed by atoms with Crippen molar-refractivity contribution >= 4 is 93.4 Å². The van der Waals surface area contributed by atoms with E-state index in [1.807, 2.05) is 0 Å². The van der Waals surface area contributed by atoms with Crippen molar-refractivity contribution in [3.8, 4) is 44.5 Å². The highest BCUT2D eigenvalue weighted by atomic mass is 32.2. The number of H-pyrrole nitrogens is 2. The van der Waals surface area contributed by atoms with Crippen LogP contribution in [0.25, 0.3) is 90.9 Å². The number of thioether (sulfide) groups is 4. The maximum atomic E-state index is 5.65. The van der Waals surface area contributed by atoms with Crippen LogP contribution in [0.3, 0.4) is 0 Å². The van der Waals surface area contributed by atoms with E-state index in [9.17, 15) is 0 Å². The third-order valence-corrected chi connectivity index (χ3v) is 15.6. The van der Waals surface area contributed by atoms with Crippen molar-refractivity contribution in [3.05, 3.63) is 142 Å². The van der Waals surface area contributed by atoms with Crippen molar-refractivity contribution in [2.75, 3.05) is 25.0 Å². The van der Waals surface area contributed by atoms with Crippen molar-refractivity contribution in [3.63, 3.8) is 0 Å². The van der Waals surface area contributed by atoms with Gasteiger partial charge in [0.1, 0.15) is 0 Å². The minimum Gasteiger partial charge on any atom is -0.354 e. The lowest BCUT2D eigenvalue weighted by molar-refractivity contribution is 1.12. The first-order valence-corrected chi connectivity index (χ1v) is 27.1. The third-order valence-electron chi connectivity index (χ3n) is 12.5. The van der Waals surface area contributed by atoms with E-state index in [0.29, 0.717) is 0 Å². The summed E-state index contributed by atoms with van der Waals surface area (Å²) in [5, 5.41) is 0. The molecule has 0 atom stereocenters. The van der Waals surface area contributed by atoms with Crippen LogP contribution in [0.5, 0.6) is 0 Å². The lowest BCUT2D eigenvalue weighted by atomic mass is 10.0. The highest BCUT2D eigenvalue weighted by Crippen LogP contribution is 2.44. The van der Waals surface area contributed by atoms with Gasteiger partial charge in [-0.1, -0.05) is 76.2 Å². The average molecular weight is 911 g/mol. The molecule has 2 aliphatic rings. The Hall–Kier alpha value is -5.12. The van der Waals surface area contributed by atoms with Crippen LogP contribution < -0.4 is 0 Å². The molecule has 8 heteroatoms. The molecule has 0 unspecified atom stereocenters. The molecule has 0 aliphatic carbocycles. The van der Waals surface area contributed by atoms with Crippen LogP contribution in [0.2, 0.25) is 0 Å². The molecule has 0 saturated heterocycles. The molecule has 3 aromatic heterocycles. The Morgan fingerprint density at radius 1 is 0.344 bits per heavy atom. The highest BCUT2D eigenvalue weighted by molar-refractivity contribution is 7.99. The van der Waals surface area contributed by atoms with Gasteiger partial charge in [-0.3, -0.25) is 0 Å². The molecule has 4 nitrogen and oxygen atoms in total. The molecule has 2 N–H and O–H groups in total. The molecule has 2 aliphatic heterocycles. The zero-order valence-corrected chi connectivity index (χ0v) is 41.2. The number of nitrogens with one attached hydrogen (secondary N) is 2. The van der Waals surface area contributed by atoms with Gasteiger partial charge in [0.15, 0.2) is 0 Å². The summed E-state index contributed by atoms with van der Waals surface area (Å²) in [6.45, 7) is 8.89. The molecule has 0 saturated carbocycles. The third kappa shape index (κ3) is 8.23. The van der Waals surface area contributed by atoms with Gasteiger partial charge in [0, 0.05) is 63.9 Å². The van der Waals surface area contributed by atoms with Gasteiger partial charge in [0.25, 0.3) is 0 Å². The summed E-state index contributed by atoms with van der Waals surface area (Å²) in [6.07, 6.45) is 21.5. The molecule has 4 aromatic carbocycles. The fourth-order valence-corrected chi connectivity index (χ4v) is 11.6. The van der Waals surface area contributed by atoms with E-state index in [1.54, 1.807) is 47.0 Å². The van der Waals surface area contributed by atoms with Crippen LogP contribution in [0.15, 0.2) is 117 Å². The summed E-state index contributed by atoms with van der Waals surface area (Å²) >= 11 is 7.15. The number of fused-ring (bicyclic) bond motifs is 8. The summed E-state index contributed by atoms with van der Waals surface area (Å²) < 4.78 is 0. The van der Waals surface area contributed by atoms with Crippen molar-refractivity contribution in [1.29, 1.82) is 0 Å². The SMILES string of the molecule is CCc1ccc(-c2c3nc(c(-c4ccc(CC)cc4SC)c4ccc([nH]4)c(-c4ccc(CC)cc4SC)c4nc(c(-c5ccc(CC)cc5SC)c5ccc2[nH]5)C=C4)C=C3)c(SC)c1. The van der Waals surface area contributed by atoms with Gasteiger partial charge in [-0.25, -0.2) is 9.97 Å². The monoisotopic (exact) mass is 910 g/mol. The summed E-state index contributed by atoms with van der Waals surface area (Å²) in [4.78, 5) is 24.2. The molecule has 0 fully saturated rings. The van der Waals surface area contributed by atoms with E-state index < -0.39 is 0 Å². The largest absolute Gasteiger partial charge is 0.354 e. The maximum Gasteiger partial charge on any atom is 0.0737 e. The van der Waals surface area contributed by atoms with Crippen LogP contribution in [0.1, 0.15) is 72.7 Å². The molecule has 322 valence electrons. The predicted octanol–water partition coefficient (Wildman–Crippen LogP) is 16.5. The fraction of sp³-hybridized carbons (Fsp3) is 0.214. The minimum atomic E-state index is 0.926. The van der Waals surface area contributed by atoms with E-state index in [-0.39, 0.29) is 0 Å². The Kier molecular flexibility index (Phi) is 13.2. The summed E-state index contributed by atoms with van der Waals surface area (Å²) in [7, 11) is 0. The van der Waals surface area contributed by atoms with E-state index in [4.69, 9.17) is 9.97 Å². The molecule has 0 spiro atoms. The number of aryl methyl sites for hydroxylation is 4. The van der Waals surface area contributed by atoms with Crippen LogP contribution in [0, 0.1) is 0 Å². The summed E-state index contributed by atoms with van der Waals surface area (Å²) in [5.41, 5.74) is 22.0. The van der Waals surface area contributed by atoms with Crippen molar-refractivity contribution in [1.82, 2.24) is 19.9 Å². The van der Waals surface area contributed by atoms with Crippen molar-refractivity contribution < 1.29 is 0 Å². The number of hydrogen-bond acceptors (Lipinski definition) is 6. The number of aromatic amines is 2. The number of rotatable bonds is 12. The Morgan fingerprint density at radius 3 is 0.781 bits per heavy atom. The summed E-state index contributed by atoms with van der Waals surface area (Å²) in [5.74, 6) is 0. The standard InChI is InChI=1S/C56H54N4S4/c1-9-33-13-17-37(49(29-33)61-5)53-41-21-23-43(57-41)54(38-18-14-34(10-2)30-50(38)62-6)45-25-27-47(59-45)56(40-20-16-36(12-4)32-52(40)64-8)48-28-26-46(60-48)55(44-24-22-42(53)58-44)39-19-15-35(11-3)31-51(39)63-7/h13-32,57,60H,9-12H2,1-8H3. The highest BCUT2D eigenvalue weighted by Gasteiger charge is 2.23. The van der Waals surface area contributed by atoms with Crippen LogP contribution >= 0.6 is 47.0 Å². The molecular formula is C56H54N4S4. The van der Waals surface area contributed by atoms with Gasteiger partial charge in [-0.2, -0.15) is 0 Å². The topological polar surface area (TPSA) is 57.4 Å². The van der Waals surface area contributed by atoms with E-state index in [1.165, 1.54) is 41.8 Å². The van der Waals surface area contributed by atoms with Crippen LogP contribution in [-0.4, -0.2) is 45.0 Å². The van der Waals surface area contributed by atoms with E-state index >= 15 is 0 Å². The Balaban J connectivity index is 1.50.